The molecular formula is C9H7ClS. The fourth-order valence-corrected chi connectivity index (χ4v) is 1.31. The molecule has 0 aromatic heterocycles. The summed E-state index contributed by atoms with van der Waals surface area (Å²) >= 11 is 6.88. The number of hydrogen-bond acceptors (Lipinski definition) is 1. The molecule has 0 heterocycles. The summed E-state index contributed by atoms with van der Waals surface area (Å²) in [7, 11) is 0. The SMILES string of the molecule is ClCC#CSc1ccccc1. The van der Waals surface area contributed by atoms with E-state index in [0.29, 0.717) is 5.88 Å². The maximum Gasteiger partial charge on any atom is 0.0844 e. The van der Waals surface area contributed by atoms with Gasteiger partial charge in [0.05, 0.1) is 5.88 Å². The highest BCUT2D eigenvalue weighted by Gasteiger charge is 1.84. The second-order valence-electron chi connectivity index (χ2n) is 1.83. The molecular weight excluding hydrogens is 176 g/mol. The van der Waals surface area contributed by atoms with E-state index in [1.165, 1.54) is 11.8 Å². The maximum absolute atomic E-state index is 5.38. The van der Waals surface area contributed by atoms with Crippen molar-refractivity contribution in [3.63, 3.8) is 0 Å². The lowest BCUT2D eigenvalue weighted by Crippen LogP contribution is -1.65. The molecule has 1 aromatic carbocycles. The highest BCUT2D eigenvalue weighted by Crippen LogP contribution is 2.14. The van der Waals surface area contributed by atoms with Crippen molar-refractivity contribution in [2.24, 2.45) is 0 Å². The van der Waals surface area contributed by atoms with E-state index in [9.17, 15) is 0 Å². The van der Waals surface area contributed by atoms with Gasteiger partial charge in [-0.05, 0) is 29.1 Å². The fraction of sp³-hybridized carbons (Fsp3) is 0.111. The van der Waals surface area contributed by atoms with Crippen molar-refractivity contribution < 1.29 is 0 Å². The van der Waals surface area contributed by atoms with Crippen molar-refractivity contribution >= 4 is 23.4 Å². The Kier molecular flexibility index (Phi) is 3.96. The zero-order valence-corrected chi connectivity index (χ0v) is 7.45. The Morgan fingerprint density at radius 2 is 2.00 bits per heavy atom. The minimum absolute atomic E-state index is 0.403. The number of hydrogen-bond donors (Lipinski definition) is 0. The highest BCUT2D eigenvalue weighted by atomic mass is 35.5. The van der Waals surface area contributed by atoms with Crippen molar-refractivity contribution in [2.45, 2.75) is 4.90 Å². The van der Waals surface area contributed by atoms with Gasteiger partial charge in [-0.3, -0.25) is 0 Å². The van der Waals surface area contributed by atoms with E-state index in [2.05, 4.69) is 11.2 Å². The molecule has 0 saturated heterocycles. The molecule has 0 aliphatic rings. The Balaban J connectivity index is 2.52. The number of benzene rings is 1. The van der Waals surface area contributed by atoms with Gasteiger partial charge < -0.3 is 0 Å². The highest BCUT2D eigenvalue weighted by molar-refractivity contribution is 8.03. The molecule has 56 valence electrons. The summed E-state index contributed by atoms with van der Waals surface area (Å²) in [6.07, 6.45) is 0. The number of thioether (sulfide) groups is 1. The van der Waals surface area contributed by atoms with Crippen LogP contribution in [0.2, 0.25) is 0 Å². The molecule has 0 amide bonds. The van der Waals surface area contributed by atoms with E-state index < -0.39 is 0 Å². The summed E-state index contributed by atoms with van der Waals surface area (Å²) in [5, 5.41) is 2.89. The third-order valence-corrected chi connectivity index (χ3v) is 1.94. The van der Waals surface area contributed by atoms with Gasteiger partial charge in [0.15, 0.2) is 0 Å². The number of alkyl halides is 1. The first-order valence-electron chi connectivity index (χ1n) is 3.19. The third-order valence-electron chi connectivity index (χ3n) is 1.05. The van der Waals surface area contributed by atoms with Crippen LogP contribution in [0.4, 0.5) is 0 Å². The topological polar surface area (TPSA) is 0 Å². The van der Waals surface area contributed by atoms with Crippen LogP contribution in [-0.2, 0) is 0 Å². The summed E-state index contributed by atoms with van der Waals surface area (Å²) in [5.41, 5.74) is 0. The Labute approximate surface area is 76.0 Å². The van der Waals surface area contributed by atoms with Crippen molar-refractivity contribution in [3.05, 3.63) is 30.3 Å². The fourth-order valence-electron chi connectivity index (χ4n) is 0.611. The molecule has 0 saturated carbocycles. The van der Waals surface area contributed by atoms with Gasteiger partial charge in [0.1, 0.15) is 0 Å². The summed E-state index contributed by atoms with van der Waals surface area (Å²) in [6.45, 7) is 0. The zero-order chi connectivity index (χ0) is 7.94. The summed E-state index contributed by atoms with van der Waals surface area (Å²) in [5.74, 6) is 3.18. The van der Waals surface area contributed by atoms with Crippen LogP contribution in [0.1, 0.15) is 0 Å². The van der Waals surface area contributed by atoms with Gasteiger partial charge in [-0.2, -0.15) is 0 Å². The molecule has 0 atom stereocenters. The molecule has 0 N–H and O–H groups in total. The van der Waals surface area contributed by atoms with Gasteiger partial charge in [0.2, 0.25) is 0 Å². The first-order valence-corrected chi connectivity index (χ1v) is 4.54. The van der Waals surface area contributed by atoms with Gasteiger partial charge in [0, 0.05) is 4.90 Å². The van der Waals surface area contributed by atoms with Crippen LogP contribution in [0, 0.1) is 11.2 Å². The monoisotopic (exact) mass is 182 g/mol. The van der Waals surface area contributed by atoms with Crippen LogP contribution in [-0.4, -0.2) is 5.88 Å². The largest absolute Gasteiger partial charge is 0.113 e. The maximum atomic E-state index is 5.38. The van der Waals surface area contributed by atoms with Crippen LogP contribution in [0.15, 0.2) is 35.2 Å². The minimum Gasteiger partial charge on any atom is -0.113 e. The van der Waals surface area contributed by atoms with Gasteiger partial charge in [-0.15, -0.1) is 11.6 Å². The molecule has 0 unspecified atom stereocenters. The van der Waals surface area contributed by atoms with Crippen LogP contribution in [0.3, 0.4) is 0 Å². The average molecular weight is 183 g/mol. The van der Waals surface area contributed by atoms with E-state index in [0.717, 1.165) is 4.90 Å². The van der Waals surface area contributed by atoms with E-state index in [1.54, 1.807) is 0 Å². The molecule has 0 fully saturated rings. The first-order chi connectivity index (χ1) is 5.43. The molecule has 0 aliphatic heterocycles. The quantitative estimate of drug-likeness (QED) is 0.366. The Hall–Kier alpha value is -0.580. The van der Waals surface area contributed by atoms with E-state index in [4.69, 9.17) is 11.6 Å². The lowest BCUT2D eigenvalue weighted by molar-refractivity contribution is 1.47. The molecule has 0 spiro atoms. The van der Waals surface area contributed by atoms with Gasteiger partial charge in [-0.1, -0.05) is 24.1 Å². The Morgan fingerprint density at radius 3 is 2.64 bits per heavy atom. The second-order valence-corrected chi connectivity index (χ2v) is 2.97. The summed E-state index contributed by atoms with van der Waals surface area (Å²) in [6, 6.07) is 10.0. The van der Waals surface area contributed by atoms with Crippen LogP contribution >= 0.6 is 23.4 Å². The predicted octanol–water partition coefficient (Wildman–Crippen LogP) is 2.98. The third kappa shape index (κ3) is 3.36. The van der Waals surface area contributed by atoms with Gasteiger partial charge >= 0.3 is 0 Å². The van der Waals surface area contributed by atoms with Crippen molar-refractivity contribution in [1.29, 1.82) is 0 Å². The molecule has 0 aliphatic carbocycles. The predicted molar refractivity (Wildman–Crippen MR) is 50.8 cm³/mol. The number of halogens is 1. The van der Waals surface area contributed by atoms with Gasteiger partial charge in [-0.25, -0.2) is 0 Å². The number of rotatable bonds is 1. The van der Waals surface area contributed by atoms with E-state index in [1.807, 2.05) is 30.3 Å². The Morgan fingerprint density at radius 1 is 1.27 bits per heavy atom. The normalized spacial score (nSPS) is 8.45. The molecule has 0 bridgehead atoms. The van der Waals surface area contributed by atoms with E-state index >= 15 is 0 Å². The minimum atomic E-state index is 0.403. The second kappa shape index (κ2) is 5.12. The van der Waals surface area contributed by atoms with Crippen molar-refractivity contribution in [2.75, 3.05) is 5.88 Å². The Bertz CT molecular complexity index is 258. The van der Waals surface area contributed by atoms with Gasteiger partial charge in [0.25, 0.3) is 0 Å². The zero-order valence-electron chi connectivity index (χ0n) is 5.88. The van der Waals surface area contributed by atoms with E-state index in [-0.39, 0.29) is 0 Å². The lowest BCUT2D eigenvalue weighted by Gasteiger charge is -1.89. The summed E-state index contributed by atoms with van der Waals surface area (Å²) in [4.78, 5) is 1.16. The lowest BCUT2D eigenvalue weighted by atomic mass is 10.4. The molecule has 0 radical (unpaired) electrons. The average Bonchev–Trinajstić information content (AvgIpc) is 2.07. The van der Waals surface area contributed by atoms with Crippen LogP contribution in [0.5, 0.6) is 0 Å². The molecule has 2 heteroatoms. The van der Waals surface area contributed by atoms with Crippen LogP contribution < -0.4 is 0 Å². The molecule has 1 rings (SSSR count). The first kappa shape index (κ1) is 8.52. The van der Waals surface area contributed by atoms with Crippen molar-refractivity contribution in [1.82, 2.24) is 0 Å². The summed E-state index contributed by atoms with van der Waals surface area (Å²) < 4.78 is 0. The molecule has 11 heavy (non-hydrogen) atoms. The standard InChI is InChI=1S/C9H7ClS/c10-7-4-8-11-9-5-2-1-3-6-9/h1-3,5-6H,7H2. The molecule has 1 aromatic rings. The van der Waals surface area contributed by atoms with Crippen molar-refractivity contribution in [3.8, 4) is 11.2 Å². The van der Waals surface area contributed by atoms with Crippen LogP contribution in [0.25, 0.3) is 0 Å². The molecule has 0 nitrogen and oxygen atoms in total. The smallest absolute Gasteiger partial charge is 0.0844 e.